The van der Waals surface area contributed by atoms with Gasteiger partial charge < -0.3 is 5.32 Å². The van der Waals surface area contributed by atoms with Crippen LogP contribution in [0.1, 0.15) is 55.7 Å². The van der Waals surface area contributed by atoms with Crippen molar-refractivity contribution in [3.05, 3.63) is 81.3 Å². The quantitative estimate of drug-likeness (QED) is 0.349. The molecule has 0 aliphatic heterocycles. The van der Waals surface area contributed by atoms with E-state index in [4.69, 9.17) is 0 Å². The molecule has 11 nitrogen and oxygen atoms in total. The lowest BCUT2D eigenvalue weighted by molar-refractivity contribution is -0.122. The Balaban J connectivity index is 2.11. The molecule has 0 saturated carbocycles. The number of imidazole rings is 1. The molecule has 39 heavy (non-hydrogen) atoms. The predicted octanol–water partition coefficient (Wildman–Crippen LogP) is 2.53. The molecular weight excluding hydrogens is 520 g/mol. The van der Waals surface area contributed by atoms with Gasteiger partial charge in [0.05, 0.1) is 30.0 Å². The third-order valence-electron chi connectivity index (χ3n) is 6.30. The van der Waals surface area contributed by atoms with Gasteiger partial charge in [-0.3, -0.25) is 19.1 Å². The maximum Gasteiger partial charge on any atom is 0.294 e. The highest BCUT2D eigenvalue weighted by Crippen LogP contribution is 2.18. The molecule has 0 saturated heterocycles. The molecule has 2 aromatic heterocycles. The lowest BCUT2D eigenvalue weighted by Gasteiger charge is -2.24. The molecule has 0 radical (unpaired) electrons. The van der Waals surface area contributed by atoms with E-state index in [-0.39, 0.29) is 36.0 Å². The zero-order valence-corrected chi connectivity index (χ0v) is 23.6. The summed E-state index contributed by atoms with van der Waals surface area (Å²) in [5.74, 6) is -0.987. The summed E-state index contributed by atoms with van der Waals surface area (Å²) in [6.07, 6.45) is 0.288. The molecular formula is C27H34N6O5S. The standard InChI is InChI=1S/C27H34N6O5S/c1-7-27(4,5)30-25(35)16-23-29-19(3)22(15-24(34)28-6)33(23)32-18(2)13-14-21(26(32)36)31-39(37,38)17-20-11-9-8-10-12-20/h8-14,31H,6-7,15-17H2,1-5H3,(H,30,35). The smallest absolute Gasteiger partial charge is 0.294 e. The number of anilines is 1. The van der Waals surface area contributed by atoms with Crippen LogP contribution in [0.25, 0.3) is 0 Å². The van der Waals surface area contributed by atoms with Crippen molar-refractivity contribution in [1.29, 1.82) is 0 Å². The Morgan fingerprint density at radius 2 is 1.72 bits per heavy atom. The van der Waals surface area contributed by atoms with Crippen molar-refractivity contribution in [1.82, 2.24) is 19.7 Å². The molecule has 0 fully saturated rings. The summed E-state index contributed by atoms with van der Waals surface area (Å²) in [6, 6.07) is 11.5. The second kappa shape index (κ2) is 11.8. The minimum atomic E-state index is -3.93. The maximum absolute atomic E-state index is 13.7. The Labute approximate surface area is 228 Å². The van der Waals surface area contributed by atoms with Gasteiger partial charge in [0.2, 0.25) is 15.9 Å². The van der Waals surface area contributed by atoms with E-state index in [1.807, 2.05) is 20.8 Å². The van der Waals surface area contributed by atoms with Crippen LogP contribution in [0.15, 0.2) is 52.3 Å². The summed E-state index contributed by atoms with van der Waals surface area (Å²) in [4.78, 5) is 46.8. The predicted molar refractivity (Wildman–Crippen MR) is 150 cm³/mol. The Morgan fingerprint density at radius 1 is 1.05 bits per heavy atom. The fourth-order valence-corrected chi connectivity index (χ4v) is 5.16. The highest BCUT2D eigenvalue weighted by Gasteiger charge is 2.25. The first-order valence-electron chi connectivity index (χ1n) is 12.4. The van der Waals surface area contributed by atoms with Crippen molar-refractivity contribution >= 4 is 34.2 Å². The topological polar surface area (TPSA) is 145 Å². The van der Waals surface area contributed by atoms with Gasteiger partial charge in [0.1, 0.15) is 11.5 Å². The SMILES string of the molecule is C=NC(=O)Cc1c(C)nc(CC(=O)NC(C)(C)CC)n1-n1c(C)ccc(NS(=O)(=O)Cc2ccccc2)c1=O. The van der Waals surface area contributed by atoms with Crippen molar-refractivity contribution in [2.45, 2.75) is 65.2 Å². The summed E-state index contributed by atoms with van der Waals surface area (Å²) in [5, 5.41) is 2.94. The largest absolute Gasteiger partial charge is 0.351 e. The molecule has 0 spiro atoms. The number of pyridine rings is 1. The van der Waals surface area contributed by atoms with Crippen molar-refractivity contribution in [2.75, 3.05) is 4.72 Å². The van der Waals surface area contributed by atoms with Crippen LogP contribution in [0, 0.1) is 13.8 Å². The minimum Gasteiger partial charge on any atom is -0.351 e. The van der Waals surface area contributed by atoms with Crippen LogP contribution in [0.3, 0.4) is 0 Å². The molecule has 2 amide bonds. The summed E-state index contributed by atoms with van der Waals surface area (Å²) in [5.41, 5.74) is 0.399. The van der Waals surface area contributed by atoms with Gasteiger partial charge in [-0.2, -0.15) is 0 Å². The van der Waals surface area contributed by atoms with Gasteiger partial charge >= 0.3 is 0 Å². The van der Waals surface area contributed by atoms with E-state index in [0.29, 0.717) is 29.1 Å². The third-order valence-corrected chi connectivity index (χ3v) is 7.55. The van der Waals surface area contributed by atoms with Crippen LogP contribution >= 0.6 is 0 Å². The van der Waals surface area contributed by atoms with Gasteiger partial charge in [0, 0.05) is 11.2 Å². The van der Waals surface area contributed by atoms with Gasteiger partial charge in [-0.15, -0.1) is 0 Å². The molecule has 2 heterocycles. The molecule has 3 rings (SSSR count). The summed E-state index contributed by atoms with van der Waals surface area (Å²) < 4.78 is 30.8. The van der Waals surface area contributed by atoms with Crippen molar-refractivity contribution < 1.29 is 18.0 Å². The van der Waals surface area contributed by atoms with Crippen LogP contribution in [-0.4, -0.2) is 46.8 Å². The zero-order valence-electron chi connectivity index (χ0n) is 22.8. The van der Waals surface area contributed by atoms with E-state index in [1.165, 1.54) is 15.4 Å². The zero-order chi connectivity index (χ0) is 29.0. The highest BCUT2D eigenvalue weighted by molar-refractivity contribution is 7.91. The first-order chi connectivity index (χ1) is 18.3. The molecule has 2 N–H and O–H groups in total. The number of nitrogens with one attached hydrogen (secondary N) is 2. The van der Waals surface area contributed by atoms with Gasteiger partial charge in [0.15, 0.2) is 0 Å². The van der Waals surface area contributed by atoms with E-state index in [9.17, 15) is 22.8 Å². The number of amides is 2. The summed E-state index contributed by atoms with van der Waals surface area (Å²) in [7, 11) is -3.93. The Morgan fingerprint density at radius 3 is 2.33 bits per heavy atom. The van der Waals surface area contributed by atoms with E-state index in [2.05, 4.69) is 26.7 Å². The highest BCUT2D eigenvalue weighted by atomic mass is 32.2. The van der Waals surface area contributed by atoms with Crippen LogP contribution in [-0.2, 0) is 38.2 Å². The molecule has 3 aromatic rings. The molecule has 0 bridgehead atoms. The molecule has 12 heteroatoms. The molecule has 0 aliphatic carbocycles. The summed E-state index contributed by atoms with van der Waals surface area (Å²) >= 11 is 0. The van der Waals surface area contributed by atoms with Crippen LogP contribution < -0.4 is 15.6 Å². The number of aliphatic imine (C=N–C) groups is 1. The molecule has 0 unspecified atom stereocenters. The van der Waals surface area contributed by atoms with E-state index >= 15 is 0 Å². The molecule has 0 atom stereocenters. The van der Waals surface area contributed by atoms with E-state index in [0.717, 1.165) is 0 Å². The molecule has 1 aromatic carbocycles. The second-order valence-corrected chi connectivity index (χ2v) is 11.6. The van der Waals surface area contributed by atoms with Gasteiger partial charge in [-0.25, -0.2) is 27.7 Å². The maximum atomic E-state index is 13.7. The Hall–Kier alpha value is -4.06. The monoisotopic (exact) mass is 554 g/mol. The number of benzene rings is 1. The van der Waals surface area contributed by atoms with Gasteiger partial charge in [-0.1, -0.05) is 37.3 Å². The molecule has 0 aliphatic rings. The Bertz CT molecular complexity index is 1560. The number of sulfonamides is 1. The number of aryl methyl sites for hydroxylation is 2. The van der Waals surface area contributed by atoms with E-state index < -0.39 is 27.0 Å². The molecule has 208 valence electrons. The average Bonchev–Trinajstić information content (AvgIpc) is 3.14. The van der Waals surface area contributed by atoms with Crippen molar-refractivity contribution in [3.8, 4) is 0 Å². The van der Waals surface area contributed by atoms with Crippen LogP contribution in [0.4, 0.5) is 5.69 Å². The Kier molecular flexibility index (Phi) is 8.90. The van der Waals surface area contributed by atoms with Gasteiger partial charge in [-0.05, 0) is 58.5 Å². The third kappa shape index (κ3) is 7.29. The number of hydrogen-bond donors (Lipinski definition) is 2. The number of carbonyl (C=O) groups is 2. The van der Waals surface area contributed by atoms with Crippen molar-refractivity contribution in [2.24, 2.45) is 4.99 Å². The van der Waals surface area contributed by atoms with Gasteiger partial charge in [0.25, 0.3) is 11.5 Å². The summed E-state index contributed by atoms with van der Waals surface area (Å²) in [6.45, 7) is 12.3. The first-order valence-corrected chi connectivity index (χ1v) is 14.1. The fraction of sp³-hybridized carbons (Fsp3) is 0.370. The first kappa shape index (κ1) is 29.5. The minimum absolute atomic E-state index is 0.185. The number of rotatable bonds is 11. The number of nitrogens with zero attached hydrogens (tertiary/aromatic N) is 4. The van der Waals surface area contributed by atoms with Crippen LogP contribution in [0.2, 0.25) is 0 Å². The lowest BCUT2D eigenvalue weighted by Crippen LogP contribution is -2.44. The van der Waals surface area contributed by atoms with E-state index in [1.54, 1.807) is 50.2 Å². The van der Waals surface area contributed by atoms with Crippen LogP contribution in [0.5, 0.6) is 0 Å². The second-order valence-electron chi connectivity index (χ2n) is 9.92. The number of carbonyl (C=O) groups excluding carboxylic acids is 2. The fourth-order valence-electron chi connectivity index (χ4n) is 3.96. The lowest BCUT2D eigenvalue weighted by atomic mass is 10.0. The number of aromatic nitrogens is 3. The average molecular weight is 555 g/mol. The number of hydrogen-bond acceptors (Lipinski definition) is 6. The normalized spacial score (nSPS) is 11.7. The van der Waals surface area contributed by atoms with Crippen molar-refractivity contribution in [3.63, 3.8) is 0 Å².